The monoisotopic (exact) mass is 615 g/mol. The molecule has 4 aromatic rings. The largest absolute Gasteiger partial charge is 0.497 e. The minimum absolute atomic E-state index is 0.0476. The molecule has 3 aromatic carbocycles. The van der Waals surface area contributed by atoms with Crippen molar-refractivity contribution in [3.05, 3.63) is 95.7 Å². The first-order valence-electron chi connectivity index (χ1n) is 14.9. The summed E-state index contributed by atoms with van der Waals surface area (Å²) in [5.41, 5.74) is 3.84. The second-order valence-corrected chi connectivity index (χ2v) is 14.4. The number of rotatable bonds is 8. The molecule has 232 valence electrons. The maximum absolute atomic E-state index is 14.0. The number of aromatic nitrogens is 2. The highest BCUT2D eigenvalue weighted by Crippen LogP contribution is 2.40. The van der Waals surface area contributed by atoms with Crippen molar-refractivity contribution in [2.45, 2.75) is 56.1 Å². The summed E-state index contributed by atoms with van der Waals surface area (Å²) >= 11 is 0. The first kappa shape index (κ1) is 31.3. The Hall–Kier alpha value is -4.15. The summed E-state index contributed by atoms with van der Waals surface area (Å²) in [6.07, 6.45) is 1.50. The summed E-state index contributed by atoms with van der Waals surface area (Å²) in [5, 5.41) is 13.2. The van der Waals surface area contributed by atoms with E-state index in [1.54, 1.807) is 53.2 Å². The predicted molar refractivity (Wildman–Crippen MR) is 175 cm³/mol. The quantitative estimate of drug-likeness (QED) is 0.205. The molecule has 0 aliphatic carbocycles. The van der Waals surface area contributed by atoms with E-state index in [2.05, 4.69) is 36.7 Å². The van der Waals surface area contributed by atoms with Gasteiger partial charge in [-0.05, 0) is 86.8 Å². The molecule has 0 spiro atoms. The van der Waals surface area contributed by atoms with E-state index in [9.17, 15) is 13.2 Å². The molecule has 5 rings (SSSR count). The molecule has 2 amide bonds. The second kappa shape index (κ2) is 12.8. The molecule has 1 aliphatic heterocycles. The molecule has 3 N–H and O–H groups in total. The van der Waals surface area contributed by atoms with E-state index in [1.807, 2.05) is 37.3 Å². The molecule has 1 unspecified atom stereocenters. The third-order valence-electron chi connectivity index (χ3n) is 8.01. The molecule has 10 heteroatoms. The fourth-order valence-electron chi connectivity index (χ4n) is 5.53. The Morgan fingerprint density at radius 2 is 1.66 bits per heavy atom. The van der Waals surface area contributed by atoms with Crippen LogP contribution in [0, 0.1) is 12.8 Å². The summed E-state index contributed by atoms with van der Waals surface area (Å²) in [6.45, 7) is 9.78. The maximum atomic E-state index is 14.0. The number of nitrogens with zero attached hydrogens (tertiary/aromatic N) is 2. The van der Waals surface area contributed by atoms with Gasteiger partial charge in [0.1, 0.15) is 11.6 Å². The van der Waals surface area contributed by atoms with Crippen LogP contribution in [0.2, 0.25) is 0 Å². The number of anilines is 2. The van der Waals surface area contributed by atoms with Gasteiger partial charge in [0.15, 0.2) is 9.84 Å². The van der Waals surface area contributed by atoms with Crippen molar-refractivity contribution in [3.8, 4) is 11.4 Å². The highest BCUT2D eigenvalue weighted by molar-refractivity contribution is 7.91. The molecule has 0 radical (unpaired) electrons. The molecule has 2 heterocycles. The van der Waals surface area contributed by atoms with Crippen LogP contribution in [0.25, 0.3) is 5.69 Å². The van der Waals surface area contributed by atoms with Gasteiger partial charge in [-0.1, -0.05) is 56.7 Å². The van der Waals surface area contributed by atoms with E-state index < -0.39 is 21.1 Å². The molecule has 44 heavy (non-hydrogen) atoms. The van der Waals surface area contributed by atoms with Gasteiger partial charge in [-0.25, -0.2) is 17.9 Å². The number of carbonyl (C=O) groups is 1. The third kappa shape index (κ3) is 6.97. The van der Waals surface area contributed by atoms with Crippen molar-refractivity contribution in [1.82, 2.24) is 15.1 Å². The van der Waals surface area contributed by atoms with Gasteiger partial charge in [-0.2, -0.15) is 5.10 Å². The predicted octanol–water partition coefficient (Wildman–Crippen LogP) is 6.65. The molecule has 1 aliphatic rings. The van der Waals surface area contributed by atoms with Gasteiger partial charge in [0.05, 0.1) is 28.6 Å². The van der Waals surface area contributed by atoms with Crippen molar-refractivity contribution in [1.29, 1.82) is 0 Å². The Kier molecular flexibility index (Phi) is 9.12. The Balaban J connectivity index is 1.38. The highest BCUT2D eigenvalue weighted by atomic mass is 32.2. The van der Waals surface area contributed by atoms with Crippen molar-refractivity contribution in [2.75, 3.05) is 30.8 Å². The number of nitrogens with one attached hydrogen (secondary N) is 3. The SMILES string of the molecule is COc1cccc(S(=O)(=O)C(c2ccc(NC(=O)Nc3cc(C(C)(C)C)nn3-c3ccc(C)cc3)cc2)C2CCNCC2)c1. The first-order valence-corrected chi connectivity index (χ1v) is 16.4. The number of benzene rings is 3. The molecule has 1 atom stereocenters. The zero-order chi connectivity index (χ0) is 31.5. The zero-order valence-electron chi connectivity index (χ0n) is 25.9. The number of piperidine rings is 1. The van der Waals surface area contributed by atoms with E-state index in [0.717, 1.165) is 42.9 Å². The average molecular weight is 616 g/mol. The van der Waals surface area contributed by atoms with E-state index in [-0.39, 0.29) is 16.2 Å². The number of methoxy groups -OCH3 is 1. The average Bonchev–Trinajstić information content (AvgIpc) is 3.43. The Morgan fingerprint density at radius 1 is 0.977 bits per heavy atom. The van der Waals surface area contributed by atoms with Gasteiger partial charge in [0.2, 0.25) is 0 Å². The lowest BCUT2D eigenvalue weighted by Crippen LogP contribution is -2.33. The number of sulfone groups is 1. The lowest BCUT2D eigenvalue weighted by molar-refractivity contribution is 0.262. The fraction of sp³-hybridized carbons (Fsp3) is 0.353. The Labute approximate surface area is 259 Å². The number of hydrogen-bond donors (Lipinski definition) is 3. The van der Waals surface area contributed by atoms with Crippen LogP contribution in [0.15, 0.2) is 83.8 Å². The van der Waals surface area contributed by atoms with Crippen molar-refractivity contribution in [2.24, 2.45) is 5.92 Å². The minimum atomic E-state index is -3.72. The first-order chi connectivity index (χ1) is 21.0. The summed E-state index contributed by atoms with van der Waals surface area (Å²) in [4.78, 5) is 13.4. The van der Waals surface area contributed by atoms with Crippen LogP contribution in [0.4, 0.5) is 16.3 Å². The molecule has 1 saturated heterocycles. The number of carbonyl (C=O) groups excluding carboxylic acids is 1. The standard InChI is InChI=1S/C34H41N5O4S/c1-23-9-15-27(16-10-23)39-31(22-30(38-39)34(2,3)4)37-33(40)36-26-13-11-24(12-14-26)32(25-17-19-35-20-18-25)44(41,42)29-8-6-7-28(21-29)43-5/h6-16,21-22,25,32,35H,17-20H2,1-5H3,(H2,36,37,40). The smallest absolute Gasteiger partial charge is 0.324 e. The van der Waals surface area contributed by atoms with Gasteiger partial charge >= 0.3 is 6.03 Å². The molecule has 0 saturated carbocycles. The van der Waals surface area contributed by atoms with Crippen LogP contribution in [0.1, 0.15) is 55.7 Å². The van der Waals surface area contributed by atoms with Crippen LogP contribution in [-0.2, 0) is 15.3 Å². The summed E-state index contributed by atoms with van der Waals surface area (Å²) in [6, 6.07) is 23.1. The number of hydrogen-bond acceptors (Lipinski definition) is 6. The molecule has 1 fully saturated rings. The normalized spacial score (nSPS) is 15.0. The second-order valence-electron chi connectivity index (χ2n) is 12.3. The van der Waals surface area contributed by atoms with Gasteiger partial charge in [-0.3, -0.25) is 5.32 Å². The van der Waals surface area contributed by atoms with E-state index in [1.165, 1.54) is 7.11 Å². The number of urea groups is 1. The topological polar surface area (TPSA) is 114 Å². The van der Waals surface area contributed by atoms with E-state index in [0.29, 0.717) is 22.8 Å². The van der Waals surface area contributed by atoms with Gasteiger partial charge in [0.25, 0.3) is 0 Å². The number of aryl methyl sites for hydroxylation is 1. The van der Waals surface area contributed by atoms with Crippen molar-refractivity contribution >= 4 is 27.4 Å². The molecule has 0 bridgehead atoms. The van der Waals surface area contributed by atoms with Gasteiger partial charge in [0, 0.05) is 17.2 Å². The Bertz CT molecular complexity index is 1700. The van der Waals surface area contributed by atoms with E-state index in [4.69, 9.17) is 9.84 Å². The minimum Gasteiger partial charge on any atom is -0.497 e. The lowest BCUT2D eigenvalue weighted by Gasteiger charge is -2.31. The molecule has 9 nitrogen and oxygen atoms in total. The molecular formula is C34H41N5O4S. The van der Waals surface area contributed by atoms with Crippen LogP contribution in [0.5, 0.6) is 5.75 Å². The van der Waals surface area contributed by atoms with Crippen LogP contribution in [0.3, 0.4) is 0 Å². The molecule has 1 aromatic heterocycles. The lowest BCUT2D eigenvalue weighted by atomic mass is 9.90. The fourth-order valence-corrected chi connectivity index (χ4v) is 7.67. The maximum Gasteiger partial charge on any atom is 0.324 e. The highest BCUT2D eigenvalue weighted by Gasteiger charge is 2.37. The van der Waals surface area contributed by atoms with Crippen LogP contribution < -0.4 is 20.7 Å². The van der Waals surface area contributed by atoms with Crippen molar-refractivity contribution < 1.29 is 17.9 Å². The van der Waals surface area contributed by atoms with Gasteiger partial charge < -0.3 is 15.4 Å². The summed E-state index contributed by atoms with van der Waals surface area (Å²) in [7, 11) is -2.20. The summed E-state index contributed by atoms with van der Waals surface area (Å²) < 4.78 is 35.1. The number of ether oxygens (including phenoxy) is 1. The van der Waals surface area contributed by atoms with E-state index >= 15 is 0 Å². The van der Waals surface area contributed by atoms with Gasteiger partial charge in [-0.15, -0.1) is 0 Å². The Morgan fingerprint density at radius 3 is 2.30 bits per heavy atom. The zero-order valence-corrected chi connectivity index (χ0v) is 26.7. The molecular weight excluding hydrogens is 574 g/mol. The number of amides is 2. The van der Waals surface area contributed by atoms with Crippen molar-refractivity contribution in [3.63, 3.8) is 0 Å². The third-order valence-corrected chi connectivity index (χ3v) is 10.2. The van der Waals surface area contributed by atoms with Crippen LogP contribution >= 0.6 is 0 Å². The van der Waals surface area contributed by atoms with Crippen LogP contribution in [-0.4, -0.2) is 44.4 Å². The summed E-state index contributed by atoms with van der Waals surface area (Å²) in [5.74, 6) is 0.996.